The van der Waals surface area contributed by atoms with E-state index in [1.165, 1.54) is 7.11 Å². The van der Waals surface area contributed by atoms with Gasteiger partial charge in [-0.15, -0.1) is 0 Å². The fourth-order valence-electron chi connectivity index (χ4n) is 3.22. The van der Waals surface area contributed by atoms with Gasteiger partial charge in [-0.05, 0) is 32.6 Å². The normalized spacial score (nSPS) is 29.3. The predicted octanol–water partition coefficient (Wildman–Crippen LogP) is 0.929. The number of piperidine rings is 1. The van der Waals surface area contributed by atoms with E-state index in [2.05, 4.69) is 0 Å². The highest BCUT2D eigenvalue weighted by Gasteiger charge is 2.40. The summed E-state index contributed by atoms with van der Waals surface area (Å²) in [6.07, 6.45) is 2.32. The van der Waals surface area contributed by atoms with Gasteiger partial charge in [-0.2, -0.15) is 0 Å². The van der Waals surface area contributed by atoms with Crippen molar-refractivity contribution in [3.63, 3.8) is 0 Å². The molecule has 0 bridgehead atoms. The second-order valence-corrected chi connectivity index (χ2v) is 5.76. The van der Waals surface area contributed by atoms with Crippen molar-refractivity contribution in [3.8, 4) is 0 Å². The Hall–Kier alpha value is -1.79. The molecule has 2 rings (SSSR count). The molecule has 3 unspecified atom stereocenters. The largest absolute Gasteiger partial charge is 0.481 e. The minimum atomic E-state index is -0.803. The van der Waals surface area contributed by atoms with Crippen LogP contribution in [0.15, 0.2) is 0 Å². The first-order chi connectivity index (χ1) is 9.95. The van der Waals surface area contributed by atoms with Gasteiger partial charge in [0.05, 0.1) is 13.0 Å². The highest BCUT2D eigenvalue weighted by atomic mass is 16.5. The van der Waals surface area contributed by atoms with Gasteiger partial charge >= 0.3 is 18.0 Å². The zero-order valence-corrected chi connectivity index (χ0v) is 12.4. The van der Waals surface area contributed by atoms with Crippen LogP contribution in [-0.4, -0.2) is 65.2 Å². The molecule has 1 N–H and O–H groups in total. The number of esters is 1. The van der Waals surface area contributed by atoms with Gasteiger partial charge in [-0.3, -0.25) is 4.79 Å². The van der Waals surface area contributed by atoms with E-state index in [1.807, 2.05) is 6.92 Å². The van der Waals surface area contributed by atoms with Gasteiger partial charge in [0.15, 0.2) is 0 Å². The maximum absolute atomic E-state index is 12.6. The molecule has 2 amide bonds. The van der Waals surface area contributed by atoms with E-state index in [0.29, 0.717) is 32.4 Å². The molecule has 0 radical (unpaired) electrons. The standard InChI is InChI=1S/C14H22N2O5/c1-9-8-10(12(17)18)5-7-15(9)14(20)16-6-3-4-11(16)13(19)21-2/h9-11H,3-8H2,1-2H3,(H,17,18). The van der Waals surface area contributed by atoms with Crippen LogP contribution in [0.5, 0.6) is 0 Å². The number of rotatable bonds is 2. The Balaban J connectivity index is 2.03. The van der Waals surface area contributed by atoms with Gasteiger partial charge in [0.25, 0.3) is 0 Å². The number of hydrogen-bond donors (Lipinski definition) is 1. The van der Waals surface area contributed by atoms with Crippen molar-refractivity contribution in [1.29, 1.82) is 0 Å². The molecular weight excluding hydrogens is 276 g/mol. The summed E-state index contributed by atoms with van der Waals surface area (Å²) in [4.78, 5) is 38.6. The number of urea groups is 1. The molecule has 0 aromatic carbocycles. The number of ether oxygens (including phenoxy) is 1. The summed E-state index contributed by atoms with van der Waals surface area (Å²) in [6.45, 7) is 2.82. The van der Waals surface area contributed by atoms with Crippen molar-refractivity contribution in [2.24, 2.45) is 5.92 Å². The summed E-state index contributed by atoms with van der Waals surface area (Å²) in [5, 5.41) is 9.06. The molecular formula is C14H22N2O5. The number of hydrogen-bond acceptors (Lipinski definition) is 4. The molecule has 0 aromatic heterocycles. The molecule has 2 fully saturated rings. The first-order valence-electron chi connectivity index (χ1n) is 7.33. The van der Waals surface area contributed by atoms with E-state index < -0.39 is 12.0 Å². The van der Waals surface area contributed by atoms with E-state index in [4.69, 9.17) is 9.84 Å². The van der Waals surface area contributed by atoms with Crippen molar-refractivity contribution in [2.75, 3.05) is 20.2 Å². The number of nitrogens with zero attached hydrogens (tertiary/aromatic N) is 2. The monoisotopic (exact) mass is 298 g/mol. The van der Waals surface area contributed by atoms with Crippen molar-refractivity contribution in [2.45, 2.75) is 44.7 Å². The van der Waals surface area contributed by atoms with E-state index in [0.717, 1.165) is 6.42 Å². The van der Waals surface area contributed by atoms with E-state index in [1.54, 1.807) is 9.80 Å². The van der Waals surface area contributed by atoms with Crippen molar-refractivity contribution < 1.29 is 24.2 Å². The van der Waals surface area contributed by atoms with Crippen LogP contribution in [0.3, 0.4) is 0 Å². The minimum absolute atomic E-state index is 0.133. The second-order valence-electron chi connectivity index (χ2n) is 5.76. The number of methoxy groups -OCH3 is 1. The molecule has 2 heterocycles. The molecule has 7 heteroatoms. The van der Waals surface area contributed by atoms with Gasteiger partial charge in [0.2, 0.25) is 0 Å². The lowest BCUT2D eigenvalue weighted by molar-refractivity contribution is -0.145. The third-order valence-electron chi connectivity index (χ3n) is 4.44. The molecule has 2 aliphatic heterocycles. The number of aliphatic carboxylic acids is 1. The quantitative estimate of drug-likeness (QED) is 0.766. The number of carboxylic acid groups (broad SMARTS) is 1. The number of carbonyl (C=O) groups is 3. The van der Waals surface area contributed by atoms with Gasteiger partial charge in [0.1, 0.15) is 6.04 Å². The van der Waals surface area contributed by atoms with Crippen LogP contribution < -0.4 is 0 Å². The van der Waals surface area contributed by atoms with E-state index >= 15 is 0 Å². The molecule has 2 saturated heterocycles. The van der Waals surface area contributed by atoms with Gasteiger partial charge in [0, 0.05) is 19.1 Å². The summed E-state index contributed by atoms with van der Waals surface area (Å²) >= 11 is 0. The summed E-state index contributed by atoms with van der Waals surface area (Å²) in [6, 6.07) is -0.822. The van der Waals surface area contributed by atoms with Gasteiger partial charge < -0.3 is 19.6 Å². The summed E-state index contributed by atoms with van der Waals surface area (Å²) in [5.41, 5.74) is 0. The summed E-state index contributed by atoms with van der Waals surface area (Å²) in [7, 11) is 1.32. The molecule has 21 heavy (non-hydrogen) atoms. The third-order valence-corrected chi connectivity index (χ3v) is 4.44. The van der Waals surface area contributed by atoms with Gasteiger partial charge in [-0.25, -0.2) is 9.59 Å². The molecule has 118 valence electrons. The Bertz CT molecular complexity index is 439. The summed E-state index contributed by atoms with van der Waals surface area (Å²) in [5.74, 6) is -1.57. The lowest BCUT2D eigenvalue weighted by Crippen LogP contribution is -2.54. The second kappa shape index (κ2) is 6.32. The fraction of sp³-hybridized carbons (Fsp3) is 0.786. The van der Waals surface area contributed by atoms with Gasteiger partial charge in [-0.1, -0.05) is 0 Å². The van der Waals surface area contributed by atoms with Crippen molar-refractivity contribution >= 4 is 18.0 Å². The van der Waals surface area contributed by atoms with Crippen LogP contribution >= 0.6 is 0 Å². The number of likely N-dealkylation sites (tertiary alicyclic amines) is 2. The maximum atomic E-state index is 12.6. The van der Waals surface area contributed by atoms with Crippen LogP contribution in [-0.2, 0) is 14.3 Å². The number of carbonyl (C=O) groups excluding carboxylic acids is 2. The SMILES string of the molecule is COC(=O)C1CCCN1C(=O)N1CCC(C(=O)O)CC1C. The first-order valence-corrected chi connectivity index (χ1v) is 7.33. The Morgan fingerprint density at radius 1 is 1.14 bits per heavy atom. The molecule has 0 saturated carbocycles. The molecule has 7 nitrogen and oxygen atoms in total. The van der Waals surface area contributed by atoms with E-state index in [9.17, 15) is 14.4 Å². The number of carboxylic acids is 1. The minimum Gasteiger partial charge on any atom is -0.481 e. The maximum Gasteiger partial charge on any atom is 0.328 e. The lowest BCUT2D eigenvalue weighted by atomic mass is 9.92. The predicted molar refractivity (Wildman–Crippen MR) is 73.7 cm³/mol. The Morgan fingerprint density at radius 3 is 2.43 bits per heavy atom. The molecule has 0 aliphatic carbocycles. The lowest BCUT2D eigenvalue weighted by Gasteiger charge is -2.39. The third kappa shape index (κ3) is 3.11. The Kier molecular flexibility index (Phi) is 4.69. The van der Waals surface area contributed by atoms with Crippen molar-refractivity contribution in [3.05, 3.63) is 0 Å². The first kappa shape index (κ1) is 15.6. The highest BCUT2D eigenvalue weighted by Crippen LogP contribution is 2.27. The average Bonchev–Trinajstić information content (AvgIpc) is 2.94. The average molecular weight is 298 g/mol. The zero-order valence-electron chi connectivity index (χ0n) is 12.4. The van der Waals surface area contributed by atoms with Crippen LogP contribution in [0.1, 0.15) is 32.6 Å². The fourth-order valence-corrected chi connectivity index (χ4v) is 3.22. The Labute approximate surface area is 123 Å². The van der Waals surface area contributed by atoms with E-state index in [-0.39, 0.29) is 24.0 Å². The topological polar surface area (TPSA) is 87.2 Å². The highest BCUT2D eigenvalue weighted by molar-refractivity contribution is 5.84. The summed E-state index contributed by atoms with van der Waals surface area (Å²) < 4.78 is 4.75. The smallest absolute Gasteiger partial charge is 0.328 e. The van der Waals surface area contributed by atoms with Crippen molar-refractivity contribution in [1.82, 2.24) is 9.80 Å². The van der Waals surface area contributed by atoms with Crippen LogP contribution in [0.2, 0.25) is 0 Å². The molecule has 0 spiro atoms. The van der Waals surface area contributed by atoms with Crippen LogP contribution in [0.4, 0.5) is 4.79 Å². The zero-order chi connectivity index (χ0) is 15.6. The Morgan fingerprint density at radius 2 is 1.86 bits per heavy atom. The number of amides is 2. The van der Waals surface area contributed by atoms with Crippen LogP contribution in [0.25, 0.3) is 0 Å². The molecule has 2 aliphatic rings. The van der Waals surface area contributed by atoms with Crippen LogP contribution in [0, 0.1) is 5.92 Å². The molecule has 0 aromatic rings. The molecule has 3 atom stereocenters.